The number of benzene rings is 2. The molecule has 1 atom stereocenters. The molecule has 31 heavy (non-hydrogen) atoms. The van der Waals surface area contributed by atoms with Crippen LogP contribution in [0.4, 0.5) is 5.69 Å². The molecule has 5 nitrogen and oxygen atoms in total. The minimum Gasteiger partial charge on any atom is -0.396 e. The van der Waals surface area contributed by atoms with E-state index in [2.05, 4.69) is 0 Å². The molecule has 0 aromatic heterocycles. The molecule has 1 N–H and O–H groups in total. The number of amides is 2. The summed E-state index contributed by atoms with van der Waals surface area (Å²) in [6, 6.07) is 11.7. The first-order valence-corrected chi connectivity index (χ1v) is 11.0. The Morgan fingerprint density at radius 3 is 2.39 bits per heavy atom. The molecule has 2 heterocycles. The summed E-state index contributed by atoms with van der Waals surface area (Å²) in [5.41, 5.74) is 6.59. The third kappa shape index (κ3) is 3.79. The van der Waals surface area contributed by atoms with Crippen LogP contribution in [0.1, 0.15) is 40.7 Å². The maximum atomic E-state index is 13.7. The average Bonchev–Trinajstić information content (AvgIpc) is 3.00. The lowest BCUT2D eigenvalue weighted by atomic mass is 9.95. The first kappa shape index (κ1) is 21.3. The maximum Gasteiger partial charge on any atom is 0.282 e. The molecule has 0 radical (unpaired) electrons. The van der Waals surface area contributed by atoms with Gasteiger partial charge in [-0.05, 0) is 80.8 Å². The molecule has 2 aromatic carbocycles. The number of hydrogen-bond acceptors (Lipinski definition) is 4. The minimum atomic E-state index is -0.277. The van der Waals surface area contributed by atoms with Crippen LogP contribution in [0.5, 0.6) is 0 Å². The van der Waals surface area contributed by atoms with E-state index in [9.17, 15) is 14.7 Å². The number of nitrogens with zero attached hydrogens (tertiary/aromatic N) is 2. The number of rotatable bonds is 4. The zero-order valence-electron chi connectivity index (χ0n) is 18.7. The van der Waals surface area contributed by atoms with Gasteiger partial charge in [0.1, 0.15) is 5.70 Å². The summed E-state index contributed by atoms with van der Waals surface area (Å²) >= 11 is 0. The van der Waals surface area contributed by atoms with Crippen molar-refractivity contribution < 1.29 is 14.7 Å². The third-order valence-corrected chi connectivity index (χ3v) is 6.55. The molecule has 2 aromatic rings. The highest BCUT2D eigenvalue weighted by atomic mass is 16.3. The second-order valence-corrected chi connectivity index (χ2v) is 8.89. The molecule has 162 valence electrons. The maximum absolute atomic E-state index is 13.7. The molecule has 0 saturated carbocycles. The van der Waals surface area contributed by atoms with E-state index in [0.717, 1.165) is 40.7 Å². The Bertz CT molecular complexity index is 1090. The molecular weight excluding hydrogens is 388 g/mol. The molecule has 2 aliphatic heterocycles. The molecule has 2 aliphatic rings. The van der Waals surface area contributed by atoms with Crippen LogP contribution >= 0.6 is 0 Å². The molecule has 0 bridgehead atoms. The number of aryl methyl sites for hydroxylation is 4. The van der Waals surface area contributed by atoms with E-state index in [0.29, 0.717) is 30.0 Å². The van der Waals surface area contributed by atoms with Gasteiger partial charge in [0.25, 0.3) is 11.8 Å². The summed E-state index contributed by atoms with van der Waals surface area (Å²) in [6.45, 7) is 9.38. The predicted octanol–water partition coefficient (Wildman–Crippen LogP) is 3.91. The van der Waals surface area contributed by atoms with E-state index in [1.54, 1.807) is 0 Å². The standard InChI is InChI=1S/C26H30N2O3/c1-16-7-10-22(19(4)12-16)23-24(27-11-5-6-20(14-27)15-29)26(31)28(25(23)30)21-9-8-17(2)18(3)13-21/h7-10,12-13,20,29H,5-6,11,14-15H2,1-4H3. The smallest absolute Gasteiger partial charge is 0.282 e. The van der Waals surface area contributed by atoms with Crippen LogP contribution in [0.3, 0.4) is 0 Å². The number of imide groups is 1. The van der Waals surface area contributed by atoms with Gasteiger partial charge in [0.15, 0.2) is 0 Å². The highest BCUT2D eigenvalue weighted by Crippen LogP contribution is 2.38. The van der Waals surface area contributed by atoms with E-state index >= 15 is 0 Å². The summed E-state index contributed by atoms with van der Waals surface area (Å²) < 4.78 is 0. The van der Waals surface area contributed by atoms with E-state index < -0.39 is 0 Å². The van der Waals surface area contributed by atoms with Crippen LogP contribution < -0.4 is 4.90 Å². The van der Waals surface area contributed by atoms with Gasteiger partial charge in [0.05, 0.1) is 11.3 Å². The number of likely N-dealkylation sites (tertiary alicyclic amines) is 1. The number of piperidine rings is 1. The Kier molecular flexibility index (Phi) is 5.71. The lowest BCUT2D eigenvalue weighted by molar-refractivity contribution is -0.120. The Morgan fingerprint density at radius 1 is 0.935 bits per heavy atom. The van der Waals surface area contributed by atoms with Gasteiger partial charge in [-0.3, -0.25) is 9.59 Å². The highest BCUT2D eigenvalue weighted by molar-refractivity contribution is 6.45. The molecule has 1 saturated heterocycles. The summed E-state index contributed by atoms with van der Waals surface area (Å²) in [5.74, 6) is -0.441. The third-order valence-electron chi connectivity index (χ3n) is 6.55. The van der Waals surface area contributed by atoms with Gasteiger partial charge < -0.3 is 10.0 Å². The predicted molar refractivity (Wildman–Crippen MR) is 123 cm³/mol. The minimum absolute atomic E-state index is 0.0890. The zero-order valence-corrected chi connectivity index (χ0v) is 18.7. The monoisotopic (exact) mass is 418 g/mol. The summed E-state index contributed by atoms with van der Waals surface area (Å²) in [4.78, 5) is 30.8. The molecule has 2 amide bonds. The average molecular weight is 419 g/mol. The second kappa shape index (κ2) is 8.31. The van der Waals surface area contributed by atoms with Gasteiger partial charge in [0.2, 0.25) is 0 Å². The van der Waals surface area contributed by atoms with Gasteiger partial charge in [0, 0.05) is 19.7 Å². The number of aliphatic hydroxyl groups is 1. The SMILES string of the molecule is Cc1ccc(C2=C(N3CCCC(CO)C3)C(=O)N(c3ccc(C)c(C)c3)C2=O)c(C)c1. The zero-order chi connectivity index (χ0) is 22.3. The number of carbonyl (C=O) groups is 2. The van der Waals surface area contributed by atoms with Crippen molar-refractivity contribution in [2.24, 2.45) is 5.92 Å². The van der Waals surface area contributed by atoms with Crippen LogP contribution in [-0.2, 0) is 9.59 Å². The van der Waals surface area contributed by atoms with Gasteiger partial charge in [-0.2, -0.15) is 0 Å². The molecule has 1 fully saturated rings. The largest absolute Gasteiger partial charge is 0.396 e. The van der Waals surface area contributed by atoms with E-state index in [4.69, 9.17) is 0 Å². The van der Waals surface area contributed by atoms with Crippen LogP contribution in [0.25, 0.3) is 5.57 Å². The molecule has 1 unspecified atom stereocenters. The van der Waals surface area contributed by atoms with Crippen molar-refractivity contribution >= 4 is 23.1 Å². The van der Waals surface area contributed by atoms with Gasteiger partial charge in [-0.1, -0.05) is 29.8 Å². The van der Waals surface area contributed by atoms with Crippen molar-refractivity contribution in [2.75, 3.05) is 24.6 Å². The van der Waals surface area contributed by atoms with E-state index in [-0.39, 0.29) is 24.3 Å². The van der Waals surface area contributed by atoms with Crippen LogP contribution in [0.2, 0.25) is 0 Å². The van der Waals surface area contributed by atoms with Crippen LogP contribution in [0.15, 0.2) is 42.1 Å². The summed E-state index contributed by atoms with van der Waals surface area (Å²) in [7, 11) is 0. The van der Waals surface area contributed by atoms with Crippen molar-refractivity contribution in [3.63, 3.8) is 0 Å². The van der Waals surface area contributed by atoms with E-state index in [1.165, 1.54) is 4.90 Å². The van der Waals surface area contributed by atoms with Crippen molar-refractivity contribution in [2.45, 2.75) is 40.5 Å². The van der Waals surface area contributed by atoms with Crippen molar-refractivity contribution in [3.05, 3.63) is 69.9 Å². The van der Waals surface area contributed by atoms with Gasteiger partial charge >= 0.3 is 0 Å². The van der Waals surface area contributed by atoms with Crippen molar-refractivity contribution in [1.29, 1.82) is 0 Å². The molecular formula is C26H30N2O3. The van der Waals surface area contributed by atoms with Crippen molar-refractivity contribution in [1.82, 2.24) is 4.90 Å². The first-order chi connectivity index (χ1) is 14.8. The first-order valence-electron chi connectivity index (χ1n) is 11.0. The Hall–Kier alpha value is -2.92. The number of anilines is 1. The Balaban J connectivity index is 1.85. The highest BCUT2D eigenvalue weighted by Gasteiger charge is 2.43. The molecule has 5 heteroatoms. The summed E-state index contributed by atoms with van der Waals surface area (Å²) in [5, 5.41) is 9.71. The molecule has 4 rings (SSSR count). The number of hydrogen-bond donors (Lipinski definition) is 1. The fourth-order valence-corrected chi connectivity index (χ4v) is 4.66. The normalized spacial score (nSPS) is 19.6. The van der Waals surface area contributed by atoms with Gasteiger partial charge in [-0.15, -0.1) is 0 Å². The van der Waals surface area contributed by atoms with E-state index in [1.807, 2.05) is 69.0 Å². The number of aliphatic hydroxyl groups excluding tert-OH is 1. The Morgan fingerprint density at radius 2 is 1.71 bits per heavy atom. The quantitative estimate of drug-likeness (QED) is 0.765. The lowest BCUT2D eigenvalue weighted by Crippen LogP contribution is -2.40. The van der Waals surface area contributed by atoms with Crippen LogP contribution in [0, 0.1) is 33.6 Å². The topological polar surface area (TPSA) is 60.9 Å². The number of carbonyl (C=O) groups excluding carboxylic acids is 2. The fraction of sp³-hybridized carbons (Fsp3) is 0.385. The second-order valence-electron chi connectivity index (χ2n) is 8.89. The van der Waals surface area contributed by atoms with Gasteiger partial charge in [-0.25, -0.2) is 4.90 Å². The molecule has 0 spiro atoms. The van der Waals surface area contributed by atoms with Crippen LogP contribution in [-0.4, -0.2) is 41.5 Å². The Labute approximate surface area is 184 Å². The molecule has 0 aliphatic carbocycles. The lowest BCUT2D eigenvalue weighted by Gasteiger charge is -2.34. The van der Waals surface area contributed by atoms with Crippen molar-refractivity contribution in [3.8, 4) is 0 Å². The fourth-order valence-electron chi connectivity index (χ4n) is 4.66. The summed E-state index contributed by atoms with van der Waals surface area (Å²) in [6.07, 6.45) is 1.82.